The van der Waals surface area contributed by atoms with Crippen LogP contribution < -0.4 is 15.4 Å². The van der Waals surface area contributed by atoms with Crippen LogP contribution in [0.1, 0.15) is 5.56 Å². The van der Waals surface area contributed by atoms with Crippen LogP contribution in [0.4, 0.5) is 0 Å². The lowest BCUT2D eigenvalue weighted by Crippen LogP contribution is -2.38. The van der Waals surface area contributed by atoms with Gasteiger partial charge < -0.3 is 15.4 Å². The topological polar surface area (TPSA) is 45.7 Å². The molecule has 0 saturated carbocycles. The Balaban J connectivity index is 0.00000242. The molecule has 120 valence electrons. The molecule has 2 N–H and O–H groups in total. The summed E-state index contributed by atoms with van der Waals surface area (Å²) >= 11 is 5.12. The van der Waals surface area contributed by atoms with Crippen LogP contribution in [0.15, 0.2) is 50.6 Å². The van der Waals surface area contributed by atoms with Crippen molar-refractivity contribution in [3.8, 4) is 5.75 Å². The third-order valence-corrected chi connectivity index (χ3v) is 3.95. The summed E-state index contributed by atoms with van der Waals surface area (Å²) in [5, 5.41) is 10.7. The molecule has 0 unspecified atom stereocenters. The fraction of sp³-hybridized carbons (Fsp3) is 0.267. The Morgan fingerprint density at radius 3 is 2.86 bits per heavy atom. The Morgan fingerprint density at radius 1 is 1.32 bits per heavy atom. The zero-order valence-electron chi connectivity index (χ0n) is 12.2. The minimum Gasteiger partial charge on any atom is -0.492 e. The van der Waals surface area contributed by atoms with Crippen molar-refractivity contribution < 1.29 is 4.74 Å². The lowest BCUT2D eigenvalue weighted by Gasteiger charge is -2.12. The zero-order chi connectivity index (χ0) is 14.9. The Labute approximate surface area is 160 Å². The first kappa shape index (κ1) is 19.2. The van der Waals surface area contributed by atoms with E-state index in [1.807, 2.05) is 24.3 Å². The summed E-state index contributed by atoms with van der Waals surface area (Å²) in [7, 11) is 1.76. The standard InChI is InChI=1S/C15H18BrN3OS.HI/c1-17-15(19-10-12-5-8-21-11-12)18-6-7-20-14-4-2-3-13(16)9-14;/h2-5,8-9,11H,6-7,10H2,1H3,(H2,17,18,19);1H. The van der Waals surface area contributed by atoms with E-state index < -0.39 is 0 Å². The number of hydrogen-bond donors (Lipinski definition) is 2. The van der Waals surface area contributed by atoms with Gasteiger partial charge in [-0.25, -0.2) is 0 Å². The number of aliphatic imine (C=N–C) groups is 1. The molecule has 0 spiro atoms. The average molecular weight is 496 g/mol. The normalized spacial score (nSPS) is 10.7. The predicted molar refractivity (Wildman–Crippen MR) is 108 cm³/mol. The van der Waals surface area contributed by atoms with Crippen molar-refractivity contribution in [1.82, 2.24) is 10.6 Å². The van der Waals surface area contributed by atoms with Crippen LogP contribution in [0, 0.1) is 0 Å². The molecular formula is C15H19BrIN3OS. The average Bonchev–Trinajstić information content (AvgIpc) is 3.00. The van der Waals surface area contributed by atoms with E-state index in [-0.39, 0.29) is 24.0 Å². The molecule has 0 saturated heterocycles. The minimum atomic E-state index is 0. The summed E-state index contributed by atoms with van der Waals surface area (Å²) in [6.07, 6.45) is 0. The number of guanidine groups is 1. The minimum absolute atomic E-state index is 0. The quantitative estimate of drug-likeness (QED) is 0.277. The van der Waals surface area contributed by atoms with E-state index in [1.54, 1.807) is 18.4 Å². The monoisotopic (exact) mass is 495 g/mol. The van der Waals surface area contributed by atoms with Crippen LogP contribution >= 0.6 is 51.2 Å². The Morgan fingerprint density at radius 2 is 2.18 bits per heavy atom. The van der Waals surface area contributed by atoms with Crippen molar-refractivity contribution in [3.63, 3.8) is 0 Å². The molecule has 0 bridgehead atoms. The summed E-state index contributed by atoms with van der Waals surface area (Å²) < 4.78 is 6.67. The van der Waals surface area contributed by atoms with Crippen LogP contribution in [0.2, 0.25) is 0 Å². The maximum atomic E-state index is 5.66. The van der Waals surface area contributed by atoms with Gasteiger partial charge in [-0.3, -0.25) is 4.99 Å². The molecule has 0 amide bonds. The van der Waals surface area contributed by atoms with E-state index in [2.05, 4.69) is 48.4 Å². The molecule has 0 fully saturated rings. The van der Waals surface area contributed by atoms with Crippen LogP contribution in [-0.2, 0) is 6.54 Å². The SMILES string of the molecule is CN=C(NCCOc1cccc(Br)c1)NCc1ccsc1.I. The second kappa shape index (κ2) is 10.8. The smallest absolute Gasteiger partial charge is 0.191 e. The number of halogens is 2. The first-order valence-corrected chi connectivity index (χ1v) is 8.35. The van der Waals surface area contributed by atoms with E-state index >= 15 is 0 Å². The highest BCUT2D eigenvalue weighted by molar-refractivity contribution is 14.0. The van der Waals surface area contributed by atoms with Gasteiger partial charge in [-0.1, -0.05) is 22.0 Å². The Bertz CT molecular complexity index is 578. The first-order valence-electron chi connectivity index (χ1n) is 6.62. The Kier molecular flexibility index (Phi) is 9.49. The molecule has 0 atom stereocenters. The molecular weight excluding hydrogens is 477 g/mol. The van der Waals surface area contributed by atoms with Gasteiger partial charge in [0.25, 0.3) is 0 Å². The molecule has 1 aromatic carbocycles. The van der Waals surface area contributed by atoms with Gasteiger partial charge >= 0.3 is 0 Å². The predicted octanol–water partition coefficient (Wildman–Crippen LogP) is 3.87. The van der Waals surface area contributed by atoms with Gasteiger partial charge in [-0.15, -0.1) is 24.0 Å². The number of rotatable bonds is 6. The summed E-state index contributed by atoms with van der Waals surface area (Å²) in [6.45, 7) is 2.04. The van der Waals surface area contributed by atoms with Crippen LogP contribution in [0.3, 0.4) is 0 Å². The zero-order valence-corrected chi connectivity index (χ0v) is 16.9. The fourth-order valence-corrected chi connectivity index (χ4v) is 2.74. The van der Waals surface area contributed by atoms with Crippen molar-refractivity contribution in [2.24, 2.45) is 4.99 Å². The van der Waals surface area contributed by atoms with Gasteiger partial charge in [0, 0.05) is 18.1 Å². The largest absolute Gasteiger partial charge is 0.492 e. The second-order valence-electron chi connectivity index (χ2n) is 4.29. The van der Waals surface area contributed by atoms with Gasteiger partial charge in [0.1, 0.15) is 12.4 Å². The number of nitrogens with zero attached hydrogens (tertiary/aromatic N) is 1. The van der Waals surface area contributed by atoms with E-state index in [9.17, 15) is 0 Å². The van der Waals surface area contributed by atoms with E-state index in [4.69, 9.17) is 4.74 Å². The van der Waals surface area contributed by atoms with Crippen LogP contribution in [-0.4, -0.2) is 26.2 Å². The lowest BCUT2D eigenvalue weighted by molar-refractivity contribution is 0.321. The van der Waals surface area contributed by atoms with E-state index in [0.717, 1.165) is 22.7 Å². The van der Waals surface area contributed by atoms with Crippen LogP contribution in [0.25, 0.3) is 0 Å². The summed E-state index contributed by atoms with van der Waals surface area (Å²) in [5.74, 6) is 1.63. The maximum absolute atomic E-state index is 5.66. The Hall–Kier alpha value is -0.800. The van der Waals surface area contributed by atoms with Crippen molar-refractivity contribution in [3.05, 3.63) is 51.1 Å². The van der Waals surface area contributed by atoms with Crippen molar-refractivity contribution in [2.75, 3.05) is 20.2 Å². The van der Waals surface area contributed by atoms with E-state index in [0.29, 0.717) is 13.2 Å². The molecule has 0 aliphatic heterocycles. The molecule has 0 aliphatic carbocycles. The molecule has 0 aliphatic rings. The highest BCUT2D eigenvalue weighted by Gasteiger charge is 1.99. The van der Waals surface area contributed by atoms with Gasteiger partial charge in [0.15, 0.2) is 5.96 Å². The van der Waals surface area contributed by atoms with Gasteiger partial charge in [-0.2, -0.15) is 11.3 Å². The molecule has 22 heavy (non-hydrogen) atoms. The number of nitrogens with one attached hydrogen (secondary N) is 2. The van der Waals surface area contributed by atoms with Gasteiger partial charge in [0.2, 0.25) is 0 Å². The molecule has 4 nitrogen and oxygen atoms in total. The first-order chi connectivity index (χ1) is 10.3. The molecule has 2 aromatic rings. The van der Waals surface area contributed by atoms with E-state index in [1.165, 1.54) is 5.56 Å². The molecule has 1 heterocycles. The van der Waals surface area contributed by atoms with Gasteiger partial charge in [0.05, 0.1) is 6.54 Å². The van der Waals surface area contributed by atoms with Crippen molar-refractivity contribution in [1.29, 1.82) is 0 Å². The highest BCUT2D eigenvalue weighted by Crippen LogP contribution is 2.17. The van der Waals surface area contributed by atoms with Gasteiger partial charge in [-0.05, 0) is 40.6 Å². The third-order valence-electron chi connectivity index (χ3n) is 2.72. The molecule has 2 rings (SSSR count). The molecule has 1 aromatic heterocycles. The summed E-state index contributed by atoms with van der Waals surface area (Å²) in [4.78, 5) is 4.18. The molecule has 7 heteroatoms. The summed E-state index contributed by atoms with van der Waals surface area (Å²) in [6, 6.07) is 9.91. The number of hydrogen-bond acceptors (Lipinski definition) is 3. The summed E-state index contributed by atoms with van der Waals surface area (Å²) in [5.41, 5.74) is 1.26. The second-order valence-corrected chi connectivity index (χ2v) is 5.99. The van der Waals surface area contributed by atoms with Crippen LogP contribution in [0.5, 0.6) is 5.75 Å². The number of ether oxygens (including phenoxy) is 1. The number of thiophene rings is 1. The van der Waals surface area contributed by atoms with Crippen molar-refractivity contribution in [2.45, 2.75) is 6.54 Å². The fourth-order valence-electron chi connectivity index (χ4n) is 1.69. The van der Waals surface area contributed by atoms with Crippen molar-refractivity contribution >= 4 is 57.2 Å². The number of benzene rings is 1. The third kappa shape index (κ3) is 6.97. The lowest BCUT2D eigenvalue weighted by atomic mass is 10.3. The maximum Gasteiger partial charge on any atom is 0.191 e. The highest BCUT2D eigenvalue weighted by atomic mass is 127. The molecule has 0 radical (unpaired) electrons.